The molecule has 3 atom stereocenters. The first-order valence-electron chi connectivity index (χ1n) is 8.25. The Bertz CT molecular complexity index is 698. The van der Waals surface area contributed by atoms with Gasteiger partial charge in [-0.1, -0.05) is 11.6 Å². The van der Waals surface area contributed by atoms with Gasteiger partial charge in [0.1, 0.15) is 5.75 Å². The van der Waals surface area contributed by atoms with E-state index < -0.39 is 23.7 Å². The van der Waals surface area contributed by atoms with Crippen LogP contribution in [0.1, 0.15) is 31.2 Å². The number of amides is 1. The second-order valence-corrected chi connectivity index (χ2v) is 6.88. The third kappa shape index (κ3) is 3.39. The number of hydrogen-bond acceptors (Lipinski definition) is 5. The second kappa shape index (κ2) is 6.72. The predicted octanol–water partition coefficient (Wildman–Crippen LogP) is 2.42. The molecule has 0 saturated carbocycles. The minimum absolute atomic E-state index is 0.114. The highest BCUT2D eigenvalue weighted by molar-refractivity contribution is 6.30. The van der Waals surface area contributed by atoms with Gasteiger partial charge in [-0.3, -0.25) is 10.5 Å². The minimum atomic E-state index is -1.02. The van der Waals surface area contributed by atoms with Gasteiger partial charge in [0.2, 0.25) is 0 Å². The van der Waals surface area contributed by atoms with E-state index in [1.165, 1.54) is 0 Å². The first-order chi connectivity index (χ1) is 11.8. The quantitative estimate of drug-likeness (QED) is 0.849. The largest absolute Gasteiger partial charge is 0.481 e. The number of likely N-dealkylation sites (tertiary alicyclic amines) is 1. The molecule has 8 heteroatoms. The molecule has 136 valence electrons. The zero-order valence-electron chi connectivity index (χ0n) is 13.9. The van der Waals surface area contributed by atoms with E-state index in [1.54, 1.807) is 30.0 Å². The molecule has 0 bridgehead atoms. The van der Waals surface area contributed by atoms with Gasteiger partial charge in [0.05, 0.1) is 13.0 Å². The Labute approximate surface area is 150 Å². The number of hydrogen-bond donors (Lipinski definition) is 2. The smallest absolute Gasteiger partial charge is 0.409 e. The van der Waals surface area contributed by atoms with Gasteiger partial charge in [-0.25, -0.2) is 4.79 Å². The van der Waals surface area contributed by atoms with Gasteiger partial charge in [-0.15, -0.1) is 0 Å². The van der Waals surface area contributed by atoms with Crippen molar-refractivity contribution < 1.29 is 24.2 Å². The van der Waals surface area contributed by atoms with E-state index in [2.05, 4.69) is 0 Å². The maximum atomic E-state index is 12.1. The van der Waals surface area contributed by atoms with Crippen molar-refractivity contribution in [1.29, 1.82) is 0 Å². The first kappa shape index (κ1) is 17.8. The third-order valence-corrected chi connectivity index (χ3v) is 5.13. The third-order valence-electron chi connectivity index (χ3n) is 4.89. The lowest BCUT2D eigenvalue weighted by molar-refractivity contribution is -0.139. The summed E-state index contributed by atoms with van der Waals surface area (Å²) in [5.41, 5.74) is 6.18. The van der Waals surface area contributed by atoms with Gasteiger partial charge < -0.3 is 19.5 Å². The fourth-order valence-electron chi connectivity index (χ4n) is 3.72. The van der Waals surface area contributed by atoms with Crippen molar-refractivity contribution in [3.8, 4) is 5.75 Å². The Morgan fingerprint density at radius 2 is 2.28 bits per heavy atom. The number of ether oxygens (including phenoxy) is 2. The lowest BCUT2D eigenvalue weighted by Gasteiger charge is -2.51. The number of fused-ring (bicyclic) bond motifs is 2. The van der Waals surface area contributed by atoms with E-state index >= 15 is 0 Å². The lowest BCUT2D eigenvalue weighted by Crippen LogP contribution is -2.64. The number of carbonyl (C=O) groups is 2. The van der Waals surface area contributed by atoms with E-state index in [4.69, 9.17) is 26.8 Å². The average Bonchev–Trinajstić information content (AvgIpc) is 2.54. The summed E-state index contributed by atoms with van der Waals surface area (Å²) in [7, 11) is 0. The van der Waals surface area contributed by atoms with E-state index in [0.29, 0.717) is 29.3 Å². The Morgan fingerprint density at radius 3 is 2.96 bits per heavy atom. The van der Waals surface area contributed by atoms with Gasteiger partial charge in [-0.2, -0.15) is 0 Å². The van der Waals surface area contributed by atoms with Gasteiger partial charge >= 0.3 is 12.1 Å². The molecule has 1 aromatic rings. The molecule has 25 heavy (non-hydrogen) atoms. The molecule has 2 heterocycles. The van der Waals surface area contributed by atoms with Crippen LogP contribution in [0.2, 0.25) is 5.02 Å². The van der Waals surface area contributed by atoms with E-state index in [0.717, 1.165) is 0 Å². The average molecular weight is 369 g/mol. The molecule has 1 amide bonds. The minimum Gasteiger partial charge on any atom is -0.481 e. The molecule has 3 rings (SSSR count). The summed E-state index contributed by atoms with van der Waals surface area (Å²) in [4.78, 5) is 25.1. The Hall–Kier alpha value is -1.99. The van der Waals surface area contributed by atoms with Crippen molar-refractivity contribution in [2.75, 3.05) is 19.7 Å². The van der Waals surface area contributed by atoms with E-state index in [-0.39, 0.29) is 25.5 Å². The molecule has 0 aromatic heterocycles. The van der Waals surface area contributed by atoms with E-state index in [1.807, 2.05) is 0 Å². The van der Waals surface area contributed by atoms with Crippen LogP contribution < -0.4 is 10.5 Å². The zero-order chi connectivity index (χ0) is 18.2. The molecule has 1 aromatic carbocycles. The summed E-state index contributed by atoms with van der Waals surface area (Å²) in [5, 5.41) is 9.87. The van der Waals surface area contributed by atoms with Crippen molar-refractivity contribution >= 4 is 23.7 Å². The second-order valence-electron chi connectivity index (χ2n) is 6.44. The van der Waals surface area contributed by atoms with Crippen LogP contribution in [0, 0.1) is 5.92 Å². The monoisotopic (exact) mass is 368 g/mol. The Balaban J connectivity index is 1.97. The van der Waals surface area contributed by atoms with Crippen LogP contribution >= 0.6 is 11.6 Å². The highest BCUT2D eigenvalue weighted by Crippen LogP contribution is 2.48. The van der Waals surface area contributed by atoms with Gasteiger partial charge in [0.15, 0.2) is 5.72 Å². The molecule has 3 N–H and O–H groups in total. The van der Waals surface area contributed by atoms with Crippen LogP contribution in [0.15, 0.2) is 18.2 Å². The molecule has 2 aliphatic heterocycles. The van der Waals surface area contributed by atoms with Crippen molar-refractivity contribution in [2.45, 2.75) is 31.4 Å². The highest BCUT2D eigenvalue weighted by Gasteiger charge is 2.51. The maximum Gasteiger partial charge on any atom is 0.409 e. The molecular weight excluding hydrogens is 348 g/mol. The standard InChI is InChI=1S/C17H21ClN2O5/c1-2-24-16(23)20-6-5-17(19)13(9-20)11(8-15(21)22)12-7-10(18)3-4-14(12)25-17/h3-4,7,11,13H,2,5-6,8-9,19H2,1H3,(H,21,22). The molecule has 3 unspecified atom stereocenters. The van der Waals surface area contributed by atoms with Crippen molar-refractivity contribution in [2.24, 2.45) is 11.7 Å². The summed E-state index contributed by atoms with van der Waals surface area (Å²) in [5.74, 6) is -1.15. The lowest BCUT2D eigenvalue weighted by atomic mass is 9.72. The van der Waals surface area contributed by atoms with Crippen LogP contribution in [-0.2, 0) is 9.53 Å². The number of aliphatic carboxylic acids is 1. The number of nitrogens with zero attached hydrogens (tertiary/aromatic N) is 1. The number of piperidine rings is 1. The number of carboxylic acid groups (broad SMARTS) is 1. The zero-order valence-corrected chi connectivity index (χ0v) is 14.7. The van der Waals surface area contributed by atoms with Gasteiger partial charge in [0, 0.05) is 36.4 Å². The maximum absolute atomic E-state index is 12.1. The van der Waals surface area contributed by atoms with Crippen LogP contribution in [0.3, 0.4) is 0 Å². The van der Waals surface area contributed by atoms with Gasteiger partial charge in [-0.05, 0) is 30.7 Å². The Kier molecular flexibility index (Phi) is 4.79. The van der Waals surface area contributed by atoms with Crippen molar-refractivity contribution in [3.63, 3.8) is 0 Å². The van der Waals surface area contributed by atoms with E-state index in [9.17, 15) is 14.7 Å². The predicted molar refractivity (Wildman–Crippen MR) is 90.7 cm³/mol. The van der Waals surface area contributed by atoms with Crippen LogP contribution in [0.25, 0.3) is 0 Å². The van der Waals surface area contributed by atoms with Crippen LogP contribution in [-0.4, -0.2) is 47.5 Å². The number of benzene rings is 1. The molecule has 0 spiro atoms. The summed E-state index contributed by atoms with van der Waals surface area (Å²) in [6.45, 7) is 2.69. The number of carboxylic acids is 1. The van der Waals surface area contributed by atoms with Gasteiger partial charge in [0.25, 0.3) is 0 Å². The van der Waals surface area contributed by atoms with Crippen LogP contribution in [0.5, 0.6) is 5.75 Å². The first-order valence-corrected chi connectivity index (χ1v) is 8.62. The summed E-state index contributed by atoms with van der Waals surface area (Å²) < 4.78 is 11.1. The number of rotatable bonds is 3. The fraction of sp³-hybridized carbons (Fsp3) is 0.529. The molecule has 1 fully saturated rings. The molecule has 0 aliphatic carbocycles. The van der Waals surface area contributed by atoms with Crippen LogP contribution in [0.4, 0.5) is 4.79 Å². The number of halogens is 1. The number of nitrogens with two attached hydrogens (primary N) is 1. The molecular formula is C17H21ClN2O5. The topological polar surface area (TPSA) is 102 Å². The molecule has 0 radical (unpaired) electrons. The Morgan fingerprint density at radius 1 is 1.52 bits per heavy atom. The van der Waals surface area contributed by atoms with Crippen molar-refractivity contribution in [3.05, 3.63) is 28.8 Å². The normalized spacial score (nSPS) is 27.7. The fourth-order valence-corrected chi connectivity index (χ4v) is 3.90. The molecule has 2 aliphatic rings. The van der Waals surface area contributed by atoms with Crippen molar-refractivity contribution in [1.82, 2.24) is 4.90 Å². The molecule has 7 nitrogen and oxygen atoms in total. The SMILES string of the molecule is CCOC(=O)N1CCC2(N)Oc3ccc(Cl)cc3C(CC(=O)O)C2C1. The summed E-state index contributed by atoms with van der Waals surface area (Å²) >= 11 is 6.09. The highest BCUT2D eigenvalue weighted by atomic mass is 35.5. The summed E-state index contributed by atoms with van der Waals surface area (Å²) in [6.07, 6.45) is -0.137. The molecule has 1 saturated heterocycles. The summed E-state index contributed by atoms with van der Waals surface area (Å²) in [6, 6.07) is 5.12. The number of carbonyl (C=O) groups excluding carboxylic acids is 1.